The summed E-state index contributed by atoms with van der Waals surface area (Å²) >= 11 is 0. The van der Waals surface area contributed by atoms with Gasteiger partial charge in [-0.15, -0.1) is 0 Å². The van der Waals surface area contributed by atoms with Crippen LogP contribution in [0.15, 0.2) is 249 Å². The van der Waals surface area contributed by atoms with Crippen LogP contribution in [0.25, 0.3) is 83.1 Å². The predicted molar refractivity (Wildman–Crippen MR) is 267 cm³/mol. The van der Waals surface area contributed by atoms with Crippen LogP contribution in [0, 0.1) is 0 Å². The maximum atomic E-state index is 3.85. The number of fused-ring (bicyclic) bond motifs is 3. The first-order valence-electron chi connectivity index (χ1n) is 21.5. The van der Waals surface area contributed by atoms with Gasteiger partial charge in [0, 0.05) is 55.9 Å². The lowest BCUT2D eigenvalue weighted by Crippen LogP contribution is -1.98. The molecule has 3 nitrogen and oxygen atoms in total. The Kier molecular flexibility index (Phi) is 9.89. The Morgan fingerprint density at radius 1 is 0.270 bits per heavy atom. The molecule has 0 fully saturated rings. The maximum absolute atomic E-state index is 3.85. The first-order chi connectivity index (χ1) is 31.2. The number of rotatable bonds is 10. The average Bonchev–Trinajstić information content (AvgIpc) is 3.70. The summed E-state index contributed by atoms with van der Waals surface area (Å²) in [6.07, 6.45) is 0. The average molecular weight is 806 g/mol. The smallest absolute Gasteiger partial charge is 0.0620 e. The second-order valence-electron chi connectivity index (χ2n) is 15.9. The molecule has 63 heavy (non-hydrogen) atoms. The van der Waals surface area contributed by atoms with Gasteiger partial charge in [-0.3, -0.25) is 0 Å². The topological polar surface area (TPSA) is 29.0 Å². The Balaban J connectivity index is 1.01. The minimum absolute atomic E-state index is 1.03. The Morgan fingerprint density at radius 2 is 0.730 bits per heavy atom. The zero-order valence-corrected chi connectivity index (χ0v) is 34.6. The van der Waals surface area contributed by atoms with Gasteiger partial charge in [0.2, 0.25) is 0 Å². The van der Waals surface area contributed by atoms with E-state index >= 15 is 0 Å². The molecule has 2 N–H and O–H groups in total. The Labute approximate surface area is 368 Å². The molecule has 0 spiro atoms. The summed E-state index contributed by atoms with van der Waals surface area (Å²) in [5.41, 5.74) is 19.3. The van der Waals surface area contributed by atoms with E-state index < -0.39 is 0 Å². The first-order valence-corrected chi connectivity index (χ1v) is 21.5. The van der Waals surface area contributed by atoms with Crippen LogP contribution in [0.1, 0.15) is 0 Å². The van der Waals surface area contributed by atoms with Gasteiger partial charge in [-0.05, 0) is 106 Å². The molecule has 0 aliphatic carbocycles. The van der Waals surface area contributed by atoms with Crippen molar-refractivity contribution >= 4 is 44.6 Å². The fourth-order valence-electron chi connectivity index (χ4n) is 8.91. The molecule has 11 aromatic rings. The summed E-state index contributed by atoms with van der Waals surface area (Å²) in [4.78, 5) is 0. The van der Waals surface area contributed by atoms with Crippen LogP contribution in [0.4, 0.5) is 22.7 Å². The van der Waals surface area contributed by atoms with Crippen molar-refractivity contribution in [1.82, 2.24) is 4.57 Å². The van der Waals surface area contributed by atoms with Crippen molar-refractivity contribution in [3.05, 3.63) is 249 Å². The van der Waals surface area contributed by atoms with Gasteiger partial charge >= 0.3 is 0 Å². The molecule has 11 rings (SSSR count). The molecular formula is C60H43N3. The minimum atomic E-state index is 1.03. The zero-order chi connectivity index (χ0) is 42.0. The Hall–Kier alpha value is -8.40. The van der Waals surface area contributed by atoms with Crippen LogP contribution in [-0.4, -0.2) is 4.57 Å². The Morgan fingerprint density at radius 3 is 1.41 bits per heavy atom. The molecule has 1 aromatic heterocycles. The molecule has 298 valence electrons. The van der Waals surface area contributed by atoms with Gasteiger partial charge in [0.1, 0.15) is 0 Å². The molecule has 0 saturated carbocycles. The van der Waals surface area contributed by atoms with Crippen LogP contribution in [0.2, 0.25) is 0 Å². The number of aromatic nitrogens is 1. The van der Waals surface area contributed by atoms with Crippen LogP contribution in [0.3, 0.4) is 0 Å². The largest absolute Gasteiger partial charge is 0.355 e. The molecule has 0 amide bonds. The molecule has 1 heterocycles. The second kappa shape index (κ2) is 16.6. The summed E-state index contributed by atoms with van der Waals surface area (Å²) < 4.78 is 2.42. The minimum Gasteiger partial charge on any atom is -0.355 e. The first kappa shape index (κ1) is 37.6. The summed E-state index contributed by atoms with van der Waals surface area (Å²) in [5, 5.41) is 10.0. The van der Waals surface area contributed by atoms with Crippen molar-refractivity contribution in [2.45, 2.75) is 0 Å². The Bertz CT molecular complexity index is 3350. The molecule has 0 atom stereocenters. The lowest BCUT2D eigenvalue weighted by atomic mass is 9.93. The highest BCUT2D eigenvalue weighted by Crippen LogP contribution is 2.43. The molecule has 10 aromatic carbocycles. The zero-order valence-electron chi connectivity index (χ0n) is 34.6. The van der Waals surface area contributed by atoms with Crippen LogP contribution in [0.5, 0.6) is 0 Å². The van der Waals surface area contributed by atoms with Gasteiger partial charge in [0.05, 0.1) is 11.0 Å². The van der Waals surface area contributed by atoms with Crippen molar-refractivity contribution in [2.75, 3.05) is 10.6 Å². The third-order valence-electron chi connectivity index (χ3n) is 12.0. The number of nitrogens with zero attached hydrogens (tertiary/aromatic N) is 1. The summed E-state index contributed by atoms with van der Waals surface area (Å²) in [7, 11) is 0. The van der Waals surface area contributed by atoms with E-state index in [1.165, 1.54) is 44.1 Å². The van der Waals surface area contributed by atoms with Gasteiger partial charge < -0.3 is 15.2 Å². The standard InChI is InChI=1S/C60H43N3/c1-4-16-42(17-5-1)44-30-35-49(36-31-44)61-57-28-12-10-24-52(57)48-21-14-20-46(40-48)47-34-39-58(62-50-37-32-45(33-38-50)43-18-6-2-7-19-43)56(41-47)55-27-15-26-54-53-25-11-13-29-59(53)63(60(54)55)51-22-8-3-9-23-51/h1-41,61-62H. The van der Waals surface area contributed by atoms with Gasteiger partial charge in [-0.1, -0.05) is 182 Å². The lowest BCUT2D eigenvalue weighted by Gasteiger charge is -2.18. The number of benzene rings is 10. The van der Waals surface area contributed by atoms with Crippen molar-refractivity contribution in [2.24, 2.45) is 0 Å². The number of hydrogen-bond acceptors (Lipinski definition) is 2. The molecule has 0 aliphatic heterocycles. The third-order valence-corrected chi connectivity index (χ3v) is 12.0. The molecular weight excluding hydrogens is 763 g/mol. The summed E-state index contributed by atoms with van der Waals surface area (Å²) in [5.74, 6) is 0. The molecule has 0 aliphatic rings. The highest BCUT2D eigenvalue weighted by Gasteiger charge is 2.19. The van der Waals surface area contributed by atoms with E-state index in [0.717, 1.165) is 61.8 Å². The van der Waals surface area contributed by atoms with Crippen LogP contribution < -0.4 is 10.6 Å². The summed E-state index contributed by atoms with van der Waals surface area (Å²) in [6, 6.07) is 88.9. The van der Waals surface area contributed by atoms with Crippen molar-refractivity contribution in [1.29, 1.82) is 0 Å². The predicted octanol–water partition coefficient (Wildman–Crippen LogP) is 16.6. The fraction of sp³-hybridized carbons (Fsp3) is 0. The monoisotopic (exact) mass is 805 g/mol. The van der Waals surface area contributed by atoms with Gasteiger partial charge in [0.25, 0.3) is 0 Å². The number of hydrogen-bond donors (Lipinski definition) is 2. The van der Waals surface area contributed by atoms with Crippen molar-refractivity contribution in [3.8, 4) is 61.3 Å². The lowest BCUT2D eigenvalue weighted by molar-refractivity contribution is 1.18. The van der Waals surface area contributed by atoms with Crippen molar-refractivity contribution in [3.63, 3.8) is 0 Å². The van der Waals surface area contributed by atoms with E-state index in [1.54, 1.807) is 0 Å². The highest BCUT2D eigenvalue weighted by molar-refractivity contribution is 6.14. The van der Waals surface area contributed by atoms with E-state index in [1.807, 2.05) is 0 Å². The quantitative estimate of drug-likeness (QED) is 0.144. The van der Waals surface area contributed by atoms with Gasteiger partial charge in [0.15, 0.2) is 0 Å². The van der Waals surface area contributed by atoms with E-state index in [-0.39, 0.29) is 0 Å². The highest BCUT2D eigenvalue weighted by atomic mass is 15.0. The molecule has 0 radical (unpaired) electrons. The second-order valence-corrected chi connectivity index (χ2v) is 15.9. The maximum Gasteiger partial charge on any atom is 0.0620 e. The SMILES string of the molecule is c1ccc(-c2ccc(Nc3ccccc3-c3cccc(-c4ccc(Nc5ccc(-c6ccccc6)cc5)c(-c5cccc6c7ccccc7n(-c7ccccc7)c56)c4)c3)cc2)cc1. The van der Waals surface area contributed by atoms with Crippen LogP contribution >= 0.6 is 0 Å². The molecule has 0 unspecified atom stereocenters. The van der Waals surface area contributed by atoms with Gasteiger partial charge in [-0.2, -0.15) is 0 Å². The van der Waals surface area contributed by atoms with E-state index in [2.05, 4.69) is 264 Å². The van der Waals surface area contributed by atoms with E-state index in [0.29, 0.717) is 0 Å². The molecule has 0 bridgehead atoms. The number of anilines is 4. The molecule has 0 saturated heterocycles. The van der Waals surface area contributed by atoms with E-state index in [9.17, 15) is 0 Å². The number of para-hydroxylation sites is 4. The number of nitrogens with one attached hydrogen (secondary N) is 2. The van der Waals surface area contributed by atoms with Crippen molar-refractivity contribution < 1.29 is 0 Å². The molecule has 3 heteroatoms. The third kappa shape index (κ3) is 7.43. The normalized spacial score (nSPS) is 11.2. The van der Waals surface area contributed by atoms with Crippen LogP contribution in [-0.2, 0) is 0 Å². The summed E-state index contributed by atoms with van der Waals surface area (Å²) in [6.45, 7) is 0. The fourth-order valence-corrected chi connectivity index (χ4v) is 8.91. The van der Waals surface area contributed by atoms with Gasteiger partial charge in [-0.25, -0.2) is 0 Å². The van der Waals surface area contributed by atoms with E-state index in [4.69, 9.17) is 0 Å².